The number of nitrogens with zero attached hydrogens (tertiary/aromatic N) is 1. The van der Waals surface area contributed by atoms with E-state index in [2.05, 4.69) is 6.92 Å². The van der Waals surface area contributed by atoms with E-state index in [1.54, 1.807) is 4.90 Å². The number of amides is 1. The molecule has 1 aliphatic rings. The van der Waals surface area contributed by atoms with E-state index in [0.29, 0.717) is 11.8 Å². The monoisotopic (exact) mass is 257 g/mol. The van der Waals surface area contributed by atoms with Gasteiger partial charge in [-0.2, -0.15) is 0 Å². The highest BCUT2D eigenvalue weighted by Crippen LogP contribution is 2.25. The Balaban J connectivity index is 2.33. The molecular formula is C14H27NO3. The van der Waals surface area contributed by atoms with E-state index < -0.39 is 5.60 Å². The van der Waals surface area contributed by atoms with Gasteiger partial charge in [0.05, 0.1) is 0 Å². The Hall–Kier alpha value is -0.770. The van der Waals surface area contributed by atoms with Gasteiger partial charge >= 0.3 is 6.09 Å². The zero-order chi connectivity index (χ0) is 13.8. The molecule has 4 nitrogen and oxygen atoms in total. The van der Waals surface area contributed by atoms with Crippen molar-refractivity contribution in [1.82, 2.24) is 4.90 Å². The summed E-state index contributed by atoms with van der Waals surface area (Å²) >= 11 is 0. The van der Waals surface area contributed by atoms with E-state index in [1.165, 1.54) is 0 Å². The van der Waals surface area contributed by atoms with Crippen LogP contribution >= 0.6 is 0 Å². The first-order chi connectivity index (χ1) is 8.31. The molecule has 1 saturated heterocycles. The Kier molecular flexibility index (Phi) is 5.45. The lowest BCUT2D eigenvalue weighted by Gasteiger charge is -2.34. The van der Waals surface area contributed by atoms with Gasteiger partial charge in [0.2, 0.25) is 0 Å². The predicted octanol–water partition coefficient (Wildman–Crippen LogP) is 2.65. The maximum atomic E-state index is 11.9. The molecule has 0 aromatic heterocycles. The zero-order valence-electron chi connectivity index (χ0n) is 12.1. The Morgan fingerprint density at radius 3 is 2.39 bits per heavy atom. The van der Waals surface area contributed by atoms with E-state index in [-0.39, 0.29) is 12.7 Å². The van der Waals surface area contributed by atoms with Crippen LogP contribution in [0.25, 0.3) is 0 Å². The molecule has 0 aromatic carbocycles. The van der Waals surface area contributed by atoms with Crippen molar-refractivity contribution in [3.05, 3.63) is 0 Å². The molecule has 1 aliphatic heterocycles. The molecule has 1 N–H and O–H groups in total. The minimum atomic E-state index is -0.417. The molecule has 4 heteroatoms. The van der Waals surface area contributed by atoms with Crippen molar-refractivity contribution in [3.8, 4) is 0 Å². The topological polar surface area (TPSA) is 49.8 Å². The number of piperidine rings is 1. The number of carbonyl (C=O) groups excluding carboxylic acids is 1. The van der Waals surface area contributed by atoms with Crippen molar-refractivity contribution in [3.63, 3.8) is 0 Å². The molecule has 1 fully saturated rings. The van der Waals surface area contributed by atoms with E-state index >= 15 is 0 Å². The van der Waals surface area contributed by atoms with Crippen LogP contribution in [-0.2, 0) is 4.74 Å². The third kappa shape index (κ3) is 5.25. The number of carbonyl (C=O) groups is 1. The van der Waals surface area contributed by atoms with Crippen LogP contribution in [0.4, 0.5) is 4.79 Å². The van der Waals surface area contributed by atoms with Crippen LogP contribution in [0.15, 0.2) is 0 Å². The Bertz CT molecular complexity index is 265. The number of hydrogen-bond donors (Lipinski definition) is 1. The van der Waals surface area contributed by atoms with Gasteiger partial charge in [-0.05, 0) is 51.9 Å². The smallest absolute Gasteiger partial charge is 0.410 e. The molecular weight excluding hydrogens is 230 g/mol. The summed E-state index contributed by atoms with van der Waals surface area (Å²) in [7, 11) is 0. The minimum Gasteiger partial charge on any atom is -0.444 e. The zero-order valence-corrected chi connectivity index (χ0v) is 12.1. The second-order valence-corrected chi connectivity index (χ2v) is 6.43. The lowest BCUT2D eigenvalue weighted by atomic mass is 9.88. The van der Waals surface area contributed by atoms with Crippen molar-refractivity contribution in [2.75, 3.05) is 19.7 Å². The molecule has 0 radical (unpaired) electrons. The molecule has 1 amide bonds. The maximum absolute atomic E-state index is 11.9. The average Bonchev–Trinajstić information content (AvgIpc) is 2.27. The summed E-state index contributed by atoms with van der Waals surface area (Å²) in [5.74, 6) is 0.994. The highest BCUT2D eigenvalue weighted by atomic mass is 16.6. The van der Waals surface area contributed by atoms with Crippen LogP contribution in [0.2, 0.25) is 0 Å². The summed E-state index contributed by atoms with van der Waals surface area (Å²) in [5, 5.41) is 9.05. The fourth-order valence-electron chi connectivity index (χ4n) is 2.32. The summed E-state index contributed by atoms with van der Waals surface area (Å²) in [4.78, 5) is 13.7. The molecule has 0 aliphatic carbocycles. The minimum absolute atomic E-state index is 0.198. The fraction of sp³-hybridized carbons (Fsp3) is 0.929. The van der Waals surface area contributed by atoms with Crippen LogP contribution < -0.4 is 0 Å². The largest absolute Gasteiger partial charge is 0.444 e. The van der Waals surface area contributed by atoms with Gasteiger partial charge in [-0.15, -0.1) is 0 Å². The molecule has 0 saturated carbocycles. The van der Waals surface area contributed by atoms with Crippen LogP contribution in [-0.4, -0.2) is 41.4 Å². The average molecular weight is 257 g/mol. The summed E-state index contributed by atoms with van der Waals surface area (Å²) in [6.07, 6.45) is 2.89. The second-order valence-electron chi connectivity index (χ2n) is 6.43. The number of rotatable bonds is 3. The quantitative estimate of drug-likeness (QED) is 0.845. The van der Waals surface area contributed by atoms with Crippen molar-refractivity contribution >= 4 is 6.09 Å². The van der Waals surface area contributed by atoms with E-state index in [0.717, 1.165) is 32.4 Å². The number of hydrogen-bond acceptors (Lipinski definition) is 3. The molecule has 106 valence electrons. The summed E-state index contributed by atoms with van der Waals surface area (Å²) in [5.41, 5.74) is -0.417. The van der Waals surface area contributed by atoms with Crippen molar-refractivity contribution in [1.29, 1.82) is 0 Å². The highest BCUT2D eigenvalue weighted by molar-refractivity contribution is 5.68. The third-order valence-corrected chi connectivity index (χ3v) is 3.31. The summed E-state index contributed by atoms with van der Waals surface area (Å²) < 4.78 is 5.36. The van der Waals surface area contributed by atoms with Crippen LogP contribution in [0.3, 0.4) is 0 Å². The standard InChI is InChI=1S/C14H27NO3/c1-11(10-16)9-12-5-7-15(8-6-12)13(17)18-14(2,3)4/h11-12,16H,5-10H2,1-4H3/t11-/m1/s1. The van der Waals surface area contributed by atoms with Gasteiger partial charge in [0, 0.05) is 19.7 Å². The van der Waals surface area contributed by atoms with E-state index in [9.17, 15) is 4.79 Å². The summed E-state index contributed by atoms with van der Waals surface area (Å²) in [6, 6.07) is 0. The van der Waals surface area contributed by atoms with Crippen LogP contribution in [0.5, 0.6) is 0 Å². The van der Waals surface area contributed by atoms with Crippen molar-refractivity contribution in [2.24, 2.45) is 11.8 Å². The van der Waals surface area contributed by atoms with Gasteiger partial charge in [0.15, 0.2) is 0 Å². The number of aliphatic hydroxyl groups is 1. The first kappa shape index (κ1) is 15.3. The summed E-state index contributed by atoms with van der Waals surface area (Å²) in [6.45, 7) is 9.55. The Morgan fingerprint density at radius 1 is 1.39 bits per heavy atom. The highest BCUT2D eigenvalue weighted by Gasteiger charge is 2.27. The Labute approximate surface area is 110 Å². The van der Waals surface area contributed by atoms with Gasteiger partial charge in [-0.25, -0.2) is 4.79 Å². The number of likely N-dealkylation sites (tertiary alicyclic amines) is 1. The number of ether oxygens (including phenoxy) is 1. The molecule has 18 heavy (non-hydrogen) atoms. The van der Waals surface area contributed by atoms with Gasteiger partial charge in [-0.3, -0.25) is 0 Å². The fourth-order valence-corrected chi connectivity index (χ4v) is 2.32. The molecule has 0 spiro atoms. The van der Waals surface area contributed by atoms with Crippen LogP contribution in [0, 0.1) is 11.8 Å². The third-order valence-electron chi connectivity index (χ3n) is 3.31. The Morgan fingerprint density at radius 2 is 1.94 bits per heavy atom. The van der Waals surface area contributed by atoms with Gasteiger partial charge in [0.25, 0.3) is 0 Å². The molecule has 1 rings (SSSR count). The second kappa shape index (κ2) is 6.41. The predicted molar refractivity (Wildman–Crippen MR) is 71.4 cm³/mol. The normalized spacial score (nSPS) is 19.7. The molecule has 1 atom stereocenters. The molecule has 1 heterocycles. The lowest BCUT2D eigenvalue weighted by molar-refractivity contribution is 0.0172. The van der Waals surface area contributed by atoms with Gasteiger partial charge in [0.1, 0.15) is 5.60 Å². The first-order valence-corrected chi connectivity index (χ1v) is 6.90. The van der Waals surface area contributed by atoms with E-state index in [1.807, 2.05) is 20.8 Å². The lowest BCUT2D eigenvalue weighted by Crippen LogP contribution is -2.42. The number of aliphatic hydroxyl groups excluding tert-OH is 1. The van der Waals surface area contributed by atoms with Gasteiger partial charge < -0.3 is 14.7 Å². The molecule has 0 bridgehead atoms. The van der Waals surface area contributed by atoms with E-state index in [4.69, 9.17) is 9.84 Å². The van der Waals surface area contributed by atoms with Crippen LogP contribution in [0.1, 0.15) is 47.0 Å². The molecule has 0 unspecified atom stereocenters. The van der Waals surface area contributed by atoms with Gasteiger partial charge in [-0.1, -0.05) is 6.92 Å². The SMILES string of the molecule is C[C@@H](CO)CC1CCN(C(=O)OC(C)(C)C)CC1. The maximum Gasteiger partial charge on any atom is 0.410 e. The molecule has 0 aromatic rings. The van der Waals surface area contributed by atoms with Crippen molar-refractivity contribution < 1.29 is 14.6 Å². The first-order valence-electron chi connectivity index (χ1n) is 6.90. The van der Waals surface area contributed by atoms with Crippen molar-refractivity contribution in [2.45, 2.75) is 52.6 Å².